The topological polar surface area (TPSA) is 29.5 Å². The van der Waals surface area contributed by atoms with Gasteiger partial charge < -0.3 is 9.84 Å². The lowest BCUT2D eigenvalue weighted by molar-refractivity contribution is -0.0237. The Bertz CT molecular complexity index is 644. The van der Waals surface area contributed by atoms with E-state index < -0.39 is 0 Å². The molecule has 0 spiro atoms. The molecule has 0 amide bonds. The average Bonchev–Trinajstić information content (AvgIpc) is 2.74. The molecule has 3 aliphatic rings. The summed E-state index contributed by atoms with van der Waals surface area (Å²) in [6.07, 6.45) is 4.94. The van der Waals surface area contributed by atoms with Gasteiger partial charge in [0.15, 0.2) is 11.5 Å². The van der Waals surface area contributed by atoms with Gasteiger partial charge in [-0.05, 0) is 48.5 Å². The zero-order chi connectivity index (χ0) is 15.9. The Balaban J connectivity index is 1.97. The van der Waals surface area contributed by atoms with E-state index in [0.29, 0.717) is 23.0 Å². The summed E-state index contributed by atoms with van der Waals surface area (Å²) in [5.41, 5.74) is 4.25. The maximum absolute atomic E-state index is 10.8. The SMILES string of the molecule is CC(C)c1cc2c3c(c1O)OC1CCC(C)(C)C(CC2)C31C. The van der Waals surface area contributed by atoms with Crippen LogP contribution in [0.2, 0.25) is 0 Å². The molecule has 1 saturated carbocycles. The Morgan fingerprint density at radius 3 is 2.64 bits per heavy atom. The molecule has 2 aliphatic carbocycles. The van der Waals surface area contributed by atoms with E-state index in [2.05, 4.69) is 40.7 Å². The van der Waals surface area contributed by atoms with Crippen LogP contribution >= 0.6 is 0 Å². The van der Waals surface area contributed by atoms with Crippen LogP contribution < -0.4 is 4.74 Å². The molecule has 3 atom stereocenters. The highest BCUT2D eigenvalue weighted by Gasteiger charge is 2.60. The zero-order valence-corrected chi connectivity index (χ0v) is 14.5. The van der Waals surface area contributed by atoms with Crippen LogP contribution in [0.3, 0.4) is 0 Å². The molecule has 1 aliphatic heterocycles. The third-order valence-electron chi connectivity index (χ3n) is 6.88. The van der Waals surface area contributed by atoms with E-state index in [0.717, 1.165) is 24.2 Å². The minimum Gasteiger partial charge on any atom is -0.504 e. The highest BCUT2D eigenvalue weighted by Crippen LogP contribution is 2.64. The van der Waals surface area contributed by atoms with Crippen molar-refractivity contribution in [3.05, 3.63) is 22.8 Å². The molecule has 0 radical (unpaired) electrons. The fourth-order valence-corrected chi connectivity index (χ4v) is 5.73. The monoisotopic (exact) mass is 300 g/mol. The Hall–Kier alpha value is -1.18. The lowest BCUT2D eigenvalue weighted by Crippen LogP contribution is -2.54. The van der Waals surface area contributed by atoms with E-state index >= 15 is 0 Å². The van der Waals surface area contributed by atoms with Crippen LogP contribution in [0.4, 0.5) is 0 Å². The van der Waals surface area contributed by atoms with Gasteiger partial charge in [-0.3, -0.25) is 0 Å². The standard InChI is InChI=1S/C20H28O2/c1-11(2)13-10-12-6-7-14-19(3,4)9-8-15-20(14,5)16(12)18(22-15)17(13)21/h10-11,14-15,21H,6-9H2,1-5H3. The molecule has 2 heteroatoms. The third kappa shape index (κ3) is 1.56. The van der Waals surface area contributed by atoms with Crippen molar-refractivity contribution >= 4 is 0 Å². The van der Waals surface area contributed by atoms with Crippen molar-refractivity contribution in [2.75, 3.05) is 0 Å². The molecule has 120 valence electrons. The van der Waals surface area contributed by atoms with Crippen molar-refractivity contribution in [1.82, 2.24) is 0 Å². The van der Waals surface area contributed by atoms with Gasteiger partial charge in [0.05, 0.1) is 0 Å². The number of hydrogen-bond donors (Lipinski definition) is 1. The number of benzene rings is 1. The fourth-order valence-electron chi connectivity index (χ4n) is 5.73. The van der Waals surface area contributed by atoms with Gasteiger partial charge in [-0.2, -0.15) is 0 Å². The first-order valence-corrected chi connectivity index (χ1v) is 8.82. The number of phenols is 1. The normalized spacial score (nSPS) is 34.5. The summed E-state index contributed by atoms with van der Waals surface area (Å²) in [4.78, 5) is 0. The van der Waals surface area contributed by atoms with Gasteiger partial charge in [0.1, 0.15) is 6.10 Å². The second kappa shape index (κ2) is 4.21. The molecule has 1 heterocycles. The maximum Gasteiger partial charge on any atom is 0.165 e. The van der Waals surface area contributed by atoms with Crippen molar-refractivity contribution in [2.24, 2.45) is 11.3 Å². The lowest BCUT2D eigenvalue weighted by Gasteiger charge is -2.53. The highest BCUT2D eigenvalue weighted by atomic mass is 16.5. The summed E-state index contributed by atoms with van der Waals surface area (Å²) in [6.45, 7) is 11.5. The van der Waals surface area contributed by atoms with E-state index in [1.165, 1.54) is 24.0 Å². The van der Waals surface area contributed by atoms with E-state index in [-0.39, 0.29) is 11.5 Å². The predicted molar refractivity (Wildman–Crippen MR) is 88.8 cm³/mol. The average molecular weight is 300 g/mol. The first kappa shape index (κ1) is 14.4. The Morgan fingerprint density at radius 2 is 1.95 bits per heavy atom. The molecule has 4 rings (SSSR count). The number of ether oxygens (including phenoxy) is 1. The number of aromatic hydroxyl groups is 1. The van der Waals surface area contributed by atoms with Gasteiger partial charge in [-0.25, -0.2) is 0 Å². The second-order valence-electron chi connectivity index (χ2n) is 8.84. The molecule has 1 N–H and O–H groups in total. The highest BCUT2D eigenvalue weighted by molar-refractivity contribution is 5.63. The van der Waals surface area contributed by atoms with Gasteiger partial charge in [-0.15, -0.1) is 0 Å². The van der Waals surface area contributed by atoms with Crippen LogP contribution in [-0.2, 0) is 11.8 Å². The Morgan fingerprint density at radius 1 is 1.23 bits per heavy atom. The zero-order valence-electron chi connectivity index (χ0n) is 14.5. The minimum absolute atomic E-state index is 0.0810. The summed E-state index contributed by atoms with van der Waals surface area (Å²) in [6, 6.07) is 2.26. The maximum atomic E-state index is 10.8. The molecular weight excluding hydrogens is 272 g/mol. The summed E-state index contributed by atoms with van der Waals surface area (Å²) >= 11 is 0. The molecule has 22 heavy (non-hydrogen) atoms. The van der Waals surface area contributed by atoms with Crippen LogP contribution in [-0.4, -0.2) is 11.2 Å². The van der Waals surface area contributed by atoms with Crippen LogP contribution in [0.5, 0.6) is 11.5 Å². The van der Waals surface area contributed by atoms with Gasteiger partial charge in [0, 0.05) is 16.5 Å². The molecule has 1 aromatic rings. The molecule has 0 saturated heterocycles. The van der Waals surface area contributed by atoms with Crippen LogP contribution in [0.15, 0.2) is 6.07 Å². The van der Waals surface area contributed by atoms with Gasteiger partial charge in [0.25, 0.3) is 0 Å². The summed E-state index contributed by atoms with van der Waals surface area (Å²) in [5.74, 6) is 2.20. The van der Waals surface area contributed by atoms with Crippen molar-refractivity contribution in [1.29, 1.82) is 0 Å². The van der Waals surface area contributed by atoms with E-state index in [4.69, 9.17) is 4.74 Å². The van der Waals surface area contributed by atoms with Crippen molar-refractivity contribution in [3.63, 3.8) is 0 Å². The van der Waals surface area contributed by atoms with Gasteiger partial charge in [0.2, 0.25) is 0 Å². The molecule has 1 aromatic carbocycles. The van der Waals surface area contributed by atoms with Gasteiger partial charge >= 0.3 is 0 Å². The number of hydrogen-bond acceptors (Lipinski definition) is 2. The molecule has 1 fully saturated rings. The largest absolute Gasteiger partial charge is 0.504 e. The third-order valence-corrected chi connectivity index (χ3v) is 6.88. The lowest BCUT2D eigenvalue weighted by atomic mass is 9.50. The molecule has 2 nitrogen and oxygen atoms in total. The summed E-state index contributed by atoms with van der Waals surface area (Å²) < 4.78 is 6.37. The van der Waals surface area contributed by atoms with Crippen LogP contribution in [0.25, 0.3) is 0 Å². The second-order valence-corrected chi connectivity index (χ2v) is 8.84. The van der Waals surface area contributed by atoms with E-state index in [9.17, 15) is 5.11 Å². The molecule has 0 aromatic heterocycles. The van der Waals surface area contributed by atoms with Crippen molar-refractivity contribution in [3.8, 4) is 11.5 Å². The smallest absolute Gasteiger partial charge is 0.165 e. The van der Waals surface area contributed by atoms with E-state index in [1.807, 2.05) is 0 Å². The number of rotatable bonds is 1. The first-order chi connectivity index (χ1) is 10.3. The predicted octanol–water partition coefficient (Wildman–Crippen LogP) is 4.92. The van der Waals surface area contributed by atoms with Crippen molar-refractivity contribution in [2.45, 2.75) is 77.7 Å². The molecular formula is C20H28O2. The summed E-state index contributed by atoms with van der Waals surface area (Å²) in [7, 11) is 0. The number of phenolic OH excluding ortho intramolecular Hbond substituents is 1. The van der Waals surface area contributed by atoms with Crippen LogP contribution in [0.1, 0.15) is 76.5 Å². The molecule has 3 unspecified atom stereocenters. The number of aryl methyl sites for hydroxylation is 1. The Labute approximate surface area is 133 Å². The van der Waals surface area contributed by atoms with Crippen LogP contribution in [0, 0.1) is 11.3 Å². The first-order valence-electron chi connectivity index (χ1n) is 8.82. The quantitative estimate of drug-likeness (QED) is 0.798. The van der Waals surface area contributed by atoms with Crippen molar-refractivity contribution < 1.29 is 9.84 Å². The Kier molecular flexibility index (Phi) is 2.76. The minimum atomic E-state index is 0.0810. The fraction of sp³-hybridized carbons (Fsp3) is 0.700. The van der Waals surface area contributed by atoms with Gasteiger partial charge in [-0.1, -0.05) is 40.7 Å². The molecule has 0 bridgehead atoms. The van der Waals surface area contributed by atoms with E-state index in [1.54, 1.807) is 0 Å². The summed E-state index contributed by atoms with van der Waals surface area (Å²) in [5, 5.41) is 10.8.